The lowest BCUT2D eigenvalue weighted by Crippen LogP contribution is -2.33. The molecule has 5 rings (SSSR count). The third-order valence-corrected chi connectivity index (χ3v) is 6.37. The van der Waals surface area contributed by atoms with Gasteiger partial charge in [-0.3, -0.25) is 0 Å². The van der Waals surface area contributed by atoms with Crippen molar-refractivity contribution in [1.82, 2.24) is 5.01 Å². The van der Waals surface area contributed by atoms with E-state index in [0.29, 0.717) is 17.5 Å². The molecular formula is C27H27ClN2O2. The zero-order valence-corrected chi connectivity index (χ0v) is 19.3. The molecule has 164 valence electrons. The summed E-state index contributed by atoms with van der Waals surface area (Å²) in [6.07, 6.45) is 0.515. The Bertz CT molecular complexity index is 1140. The number of benzene rings is 3. The summed E-state index contributed by atoms with van der Waals surface area (Å²) in [5, 5.41) is 7.84. The van der Waals surface area contributed by atoms with Gasteiger partial charge in [0.05, 0.1) is 18.4 Å². The first-order valence-corrected chi connectivity index (χ1v) is 11.6. The molecule has 0 aliphatic carbocycles. The fraction of sp³-hybridized carbons (Fsp3) is 0.296. The summed E-state index contributed by atoms with van der Waals surface area (Å²) in [7, 11) is 0. The van der Waals surface area contributed by atoms with Gasteiger partial charge in [-0.2, -0.15) is 5.10 Å². The summed E-state index contributed by atoms with van der Waals surface area (Å²) in [5.41, 5.74) is 5.63. The fourth-order valence-electron chi connectivity index (χ4n) is 4.41. The van der Waals surface area contributed by atoms with E-state index in [2.05, 4.69) is 55.3 Å². The van der Waals surface area contributed by atoms with E-state index < -0.39 is 0 Å². The SMILES string of the molecule is CCOc1ccc(C2=NN3[C@@H](C2)c2cc(Cl)ccc2O[C@H]3c2ccc(C(C)C)cc2)cc1. The zero-order valence-electron chi connectivity index (χ0n) is 18.6. The minimum atomic E-state index is -0.282. The Labute approximate surface area is 194 Å². The molecule has 0 fully saturated rings. The first-order chi connectivity index (χ1) is 15.5. The molecule has 3 aromatic rings. The Morgan fingerprint density at radius 3 is 2.50 bits per heavy atom. The Kier molecular flexibility index (Phi) is 5.56. The largest absolute Gasteiger partial charge is 0.494 e. The van der Waals surface area contributed by atoms with Gasteiger partial charge in [0, 0.05) is 22.6 Å². The molecule has 0 N–H and O–H groups in total. The summed E-state index contributed by atoms with van der Waals surface area (Å²) >= 11 is 6.34. The Hall–Kier alpha value is -2.98. The predicted octanol–water partition coefficient (Wildman–Crippen LogP) is 7.10. The summed E-state index contributed by atoms with van der Waals surface area (Å²) in [5.74, 6) is 2.23. The molecule has 2 aliphatic heterocycles. The van der Waals surface area contributed by atoms with Gasteiger partial charge in [-0.1, -0.05) is 49.7 Å². The lowest BCUT2D eigenvalue weighted by molar-refractivity contribution is -0.0190. The molecule has 0 unspecified atom stereocenters. The number of hydrazone groups is 1. The van der Waals surface area contributed by atoms with Gasteiger partial charge in [-0.15, -0.1) is 0 Å². The first kappa shape index (κ1) is 20.9. The van der Waals surface area contributed by atoms with Crippen molar-refractivity contribution >= 4 is 17.3 Å². The Morgan fingerprint density at radius 1 is 1.06 bits per heavy atom. The van der Waals surface area contributed by atoms with E-state index in [9.17, 15) is 0 Å². The molecule has 5 heteroatoms. The van der Waals surface area contributed by atoms with Crippen LogP contribution in [0.4, 0.5) is 0 Å². The molecule has 0 spiro atoms. The molecule has 0 aromatic heterocycles. The molecule has 0 saturated heterocycles. The van der Waals surface area contributed by atoms with Crippen LogP contribution in [0.15, 0.2) is 71.8 Å². The van der Waals surface area contributed by atoms with Crippen LogP contribution in [0, 0.1) is 0 Å². The molecule has 0 amide bonds. The second-order valence-corrected chi connectivity index (χ2v) is 9.01. The fourth-order valence-corrected chi connectivity index (χ4v) is 4.59. The number of hydrogen-bond acceptors (Lipinski definition) is 4. The topological polar surface area (TPSA) is 34.1 Å². The number of nitrogens with zero attached hydrogens (tertiary/aromatic N) is 2. The van der Waals surface area contributed by atoms with Crippen LogP contribution < -0.4 is 9.47 Å². The van der Waals surface area contributed by atoms with Crippen LogP contribution in [0.25, 0.3) is 0 Å². The smallest absolute Gasteiger partial charge is 0.213 e. The van der Waals surface area contributed by atoms with Crippen LogP contribution in [0.5, 0.6) is 11.5 Å². The van der Waals surface area contributed by atoms with E-state index in [-0.39, 0.29) is 12.3 Å². The van der Waals surface area contributed by atoms with Crippen molar-refractivity contribution in [3.8, 4) is 11.5 Å². The quantitative estimate of drug-likeness (QED) is 0.419. The summed E-state index contributed by atoms with van der Waals surface area (Å²) in [6.45, 7) is 7.05. The molecule has 0 radical (unpaired) electrons. The number of ether oxygens (including phenoxy) is 2. The zero-order chi connectivity index (χ0) is 22.2. The molecule has 0 bridgehead atoms. The second-order valence-electron chi connectivity index (χ2n) is 8.58. The minimum Gasteiger partial charge on any atom is -0.494 e. The molecule has 3 aromatic carbocycles. The van der Waals surface area contributed by atoms with Gasteiger partial charge < -0.3 is 9.47 Å². The molecule has 2 aliphatic rings. The third kappa shape index (κ3) is 3.84. The van der Waals surface area contributed by atoms with Gasteiger partial charge in [-0.05, 0) is 66.4 Å². The van der Waals surface area contributed by atoms with E-state index in [1.165, 1.54) is 5.56 Å². The first-order valence-electron chi connectivity index (χ1n) is 11.2. The van der Waals surface area contributed by atoms with Crippen LogP contribution in [0.1, 0.15) is 67.6 Å². The summed E-state index contributed by atoms with van der Waals surface area (Å²) in [6, 6.07) is 22.8. The van der Waals surface area contributed by atoms with E-state index >= 15 is 0 Å². The highest BCUT2D eigenvalue weighted by Crippen LogP contribution is 2.48. The monoisotopic (exact) mass is 446 g/mol. The molecule has 2 heterocycles. The van der Waals surface area contributed by atoms with Gasteiger partial charge in [-0.25, -0.2) is 5.01 Å². The maximum absolute atomic E-state index is 6.46. The van der Waals surface area contributed by atoms with Crippen LogP contribution in [0.2, 0.25) is 5.02 Å². The maximum atomic E-state index is 6.46. The van der Waals surface area contributed by atoms with Crippen LogP contribution in [-0.4, -0.2) is 17.3 Å². The molecule has 32 heavy (non-hydrogen) atoms. The van der Waals surface area contributed by atoms with Crippen molar-refractivity contribution in [2.24, 2.45) is 5.10 Å². The Balaban J connectivity index is 1.52. The van der Waals surface area contributed by atoms with Crippen molar-refractivity contribution < 1.29 is 9.47 Å². The van der Waals surface area contributed by atoms with Gasteiger partial charge in [0.1, 0.15) is 11.5 Å². The number of fused-ring (bicyclic) bond motifs is 3. The lowest BCUT2D eigenvalue weighted by atomic mass is 9.95. The highest BCUT2D eigenvalue weighted by molar-refractivity contribution is 6.30. The van der Waals surface area contributed by atoms with Crippen LogP contribution in [0.3, 0.4) is 0 Å². The van der Waals surface area contributed by atoms with Crippen molar-refractivity contribution in [2.75, 3.05) is 6.61 Å². The van der Waals surface area contributed by atoms with Gasteiger partial charge in [0.25, 0.3) is 0 Å². The van der Waals surface area contributed by atoms with Crippen molar-refractivity contribution in [3.05, 3.63) is 94.0 Å². The highest BCUT2D eigenvalue weighted by Gasteiger charge is 2.41. The van der Waals surface area contributed by atoms with E-state index in [1.807, 2.05) is 37.3 Å². The predicted molar refractivity (Wildman–Crippen MR) is 129 cm³/mol. The van der Waals surface area contributed by atoms with Gasteiger partial charge in [0.2, 0.25) is 6.23 Å². The van der Waals surface area contributed by atoms with E-state index in [0.717, 1.165) is 40.3 Å². The average Bonchev–Trinajstić information content (AvgIpc) is 3.25. The number of halogens is 1. The third-order valence-electron chi connectivity index (χ3n) is 6.14. The summed E-state index contributed by atoms with van der Waals surface area (Å²) in [4.78, 5) is 0. The normalized spacial score (nSPS) is 19.3. The van der Waals surface area contributed by atoms with Gasteiger partial charge >= 0.3 is 0 Å². The lowest BCUT2D eigenvalue weighted by Gasteiger charge is -2.38. The van der Waals surface area contributed by atoms with Crippen molar-refractivity contribution in [2.45, 2.75) is 45.4 Å². The number of rotatable bonds is 5. The average molecular weight is 447 g/mol. The molecule has 4 nitrogen and oxygen atoms in total. The van der Waals surface area contributed by atoms with Crippen LogP contribution >= 0.6 is 11.6 Å². The van der Waals surface area contributed by atoms with Crippen molar-refractivity contribution in [3.63, 3.8) is 0 Å². The van der Waals surface area contributed by atoms with Crippen molar-refractivity contribution in [1.29, 1.82) is 0 Å². The van der Waals surface area contributed by atoms with Gasteiger partial charge in [0.15, 0.2) is 0 Å². The van der Waals surface area contributed by atoms with E-state index in [4.69, 9.17) is 26.2 Å². The van der Waals surface area contributed by atoms with Crippen LogP contribution in [-0.2, 0) is 0 Å². The minimum absolute atomic E-state index is 0.0776. The standard InChI is InChI=1S/C27H27ClN2O2/c1-4-31-22-12-9-19(10-13-22)24-16-25-23-15-21(28)11-14-26(23)32-27(30(25)29-24)20-7-5-18(6-8-20)17(2)3/h5-15,17,25,27H,4,16H2,1-3H3/t25-,27-/m0/s1. The molecular weight excluding hydrogens is 420 g/mol. The Morgan fingerprint density at radius 2 is 1.81 bits per heavy atom. The summed E-state index contributed by atoms with van der Waals surface area (Å²) < 4.78 is 12.1. The highest BCUT2D eigenvalue weighted by atomic mass is 35.5. The molecule has 0 saturated carbocycles. The maximum Gasteiger partial charge on any atom is 0.213 e. The molecule has 2 atom stereocenters. The second kappa shape index (κ2) is 8.51. The van der Waals surface area contributed by atoms with E-state index in [1.54, 1.807) is 0 Å². The number of hydrogen-bond donors (Lipinski definition) is 0.